The van der Waals surface area contributed by atoms with Gasteiger partial charge < -0.3 is 10.6 Å². The molecule has 0 radical (unpaired) electrons. The number of aryl methyl sites for hydroxylation is 1. The van der Waals surface area contributed by atoms with E-state index in [9.17, 15) is 0 Å². The molecule has 1 aromatic carbocycles. The van der Waals surface area contributed by atoms with Gasteiger partial charge in [-0.2, -0.15) is 0 Å². The van der Waals surface area contributed by atoms with Crippen LogP contribution in [0.2, 0.25) is 0 Å². The van der Waals surface area contributed by atoms with E-state index in [0.29, 0.717) is 5.92 Å². The van der Waals surface area contributed by atoms with Gasteiger partial charge in [-0.05, 0) is 37.9 Å². The quantitative estimate of drug-likeness (QED) is 0.914. The van der Waals surface area contributed by atoms with E-state index in [4.69, 9.17) is 10.7 Å². The Balaban J connectivity index is 2.44. The summed E-state index contributed by atoms with van der Waals surface area (Å²) in [6, 6.07) is 8.55. The maximum absolute atomic E-state index is 5.70. The summed E-state index contributed by atoms with van der Waals surface area (Å²) >= 11 is 1.79. The topological polar surface area (TPSA) is 42.2 Å². The van der Waals surface area contributed by atoms with Crippen molar-refractivity contribution < 1.29 is 0 Å². The first-order valence-corrected chi connectivity index (χ1v) is 7.79. The van der Waals surface area contributed by atoms with Crippen LogP contribution in [0.5, 0.6) is 0 Å². The first-order chi connectivity index (χ1) is 9.52. The Hall–Kier alpha value is -1.39. The fourth-order valence-electron chi connectivity index (χ4n) is 2.30. The number of anilines is 1. The molecule has 1 heterocycles. The Labute approximate surface area is 125 Å². The second-order valence-electron chi connectivity index (χ2n) is 5.37. The lowest BCUT2D eigenvalue weighted by Crippen LogP contribution is -2.08. The minimum Gasteiger partial charge on any atom is -0.378 e. The largest absolute Gasteiger partial charge is 0.378 e. The zero-order valence-corrected chi connectivity index (χ0v) is 13.5. The predicted molar refractivity (Wildman–Crippen MR) is 88.7 cm³/mol. The van der Waals surface area contributed by atoms with Crippen molar-refractivity contribution in [3.8, 4) is 11.3 Å². The van der Waals surface area contributed by atoms with Crippen LogP contribution in [0.4, 0.5) is 5.69 Å². The number of nitrogens with zero attached hydrogens (tertiary/aromatic N) is 2. The lowest BCUT2D eigenvalue weighted by Gasteiger charge is -2.14. The third kappa shape index (κ3) is 3.19. The molecule has 0 fully saturated rings. The molecule has 0 saturated carbocycles. The van der Waals surface area contributed by atoms with Gasteiger partial charge in [0.15, 0.2) is 0 Å². The van der Waals surface area contributed by atoms with Crippen LogP contribution in [0.3, 0.4) is 0 Å². The van der Waals surface area contributed by atoms with Gasteiger partial charge in [0.05, 0.1) is 10.7 Å². The van der Waals surface area contributed by atoms with E-state index < -0.39 is 0 Å². The van der Waals surface area contributed by atoms with Crippen LogP contribution in [0.25, 0.3) is 11.3 Å². The maximum Gasteiger partial charge on any atom is 0.0904 e. The maximum atomic E-state index is 5.70. The standard InChI is InChI=1S/C16H23N3S/c1-11(8-9-17)16-15(18-12(2)20-16)13-6-5-7-14(10-13)19(3)4/h5-7,10-11H,8-9,17H2,1-4H3. The zero-order chi connectivity index (χ0) is 14.7. The molecule has 0 bridgehead atoms. The van der Waals surface area contributed by atoms with E-state index in [-0.39, 0.29) is 0 Å². The van der Waals surface area contributed by atoms with Gasteiger partial charge in [-0.3, -0.25) is 0 Å². The van der Waals surface area contributed by atoms with Crippen molar-refractivity contribution in [3.63, 3.8) is 0 Å². The monoisotopic (exact) mass is 289 g/mol. The number of rotatable bonds is 5. The normalized spacial score (nSPS) is 12.4. The Morgan fingerprint density at radius 2 is 2.10 bits per heavy atom. The molecule has 3 nitrogen and oxygen atoms in total. The summed E-state index contributed by atoms with van der Waals surface area (Å²) in [6.45, 7) is 5.02. The molecule has 1 aromatic heterocycles. The van der Waals surface area contributed by atoms with E-state index in [1.165, 1.54) is 16.1 Å². The molecule has 4 heteroatoms. The molecule has 20 heavy (non-hydrogen) atoms. The van der Waals surface area contributed by atoms with Gasteiger partial charge >= 0.3 is 0 Å². The smallest absolute Gasteiger partial charge is 0.0904 e. The number of nitrogens with two attached hydrogens (primary N) is 1. The average Bonchev–Trinajstić information content (AvgIpc) is 2.81. The van der Waals surface area contributed by atoms with Crippen molar-refractivity contribution in [2.75, 3.05) is 25.5 Å². The number of aromatic nitrogens is 1. The Morgan fingerprint density at radius 1 is 1.35 bits per heavy atom. The van der Waals surface area contributed by atoms with Gasteiger partial charge in [-0.25, -0.2) is 4.98 Å². The molecule has 2 aromatic rings. The molecule has 0 aliphatic heterocycles. The second kappa shape index (κ2) is 6.37. The predicted octanol–water partition coefficient (Wildman–Crippen LogP) is 3.64. The number of hydrogen-bond acceptors (Lipinski definition) is 4. The average molecular weight is 289 g/mol. The van der Waals surface area contributed by atoms with E-state index in [1.807, 2.05) is 0 Å². The Bertz CT molecular complexity index is 575. The van der Waals surface area contributed by atoms with Crippen LogP contribution in [-0.2, 0) is 0 Å². The minimum atomic E-state index is 0.462. The summed E-state index contributed by atoms with van der Waals surface area (Å²) in [6.07, 6.45) is 1.00. The Morgan fingerprint density at radius 3 is 2.75 bits per heavy atom. The molecule has 1 unspecified atom stereocenters. The SMILES string of the molecule is Cc1nc(-c2cccc(N(C)C)c2)c(C(C)CCN)s1. The lowest BCUT2D eigenvalue weighted by molar-refractivity contribution is 0.701. The molecule has 0 spiro atoms. The van der Waals surface area contributed by atoms with Crippen LogP contribution in [0.1, 0.15) is 29.1 Å². The summed E-state index contributed by atoms with van der Waals surface area (Å²) in [4.78, 5) is 8.21. The van der Waals surface area contributed by atoms with Crippen molar-refractivity contribution >= 4 is 17.0 Å². The molecule has 108 valence electrons. The molecule has 0 aliphatic rings. The summed E-state index contributed by atoms with van der Waals surface area (Å²) in [5.74, 6) is 0.462. The van der Waals surface area contributed by atoms with Gasteiger partial charge in [0.1, 0.15) is 0 Å². The highest BCUT2D eigenvalue weighted by atomic mass is 32.1. The molecule has 1 atom stereocenters. The highest BCUT2D eigenvalue weighted by molar-refractivity contribution is 7.12. The highest BCUT2D eigenvalue weighted by Gasteiger charge is 2.17. The third-order valence-electron chi connectivity index (χ3n) is 3.44. The van der Waals surface area contributed by atoms with Crippen LogP contribution in [-0.4, -0.2) is 25.6 Å². The van der Waals surface area contributed by atoms with Crippen molar-refractivity contribution in [1.29, 1.82) is 0 Å². The van der Waals surface area contributed by atoms with E-state index in [2.05, 4.69) is 57.1 Å². The molecule has 0 saturated heterocycles. The summed E-state index contributed by atoms with van der Waals surface area (Å²) in [7, 11) is 4.12. The van der Waals surface area contributed by atoms with Crippen molar-refractivity contribution in [3.05, 3.63) is 34.2 Å². The van der Waals surface area contributed by atoms with Gasteiger partial charge in [-0.1, -0.05) is 19.1 Å². The third-order valence-corrected chi connectivity index (χ3v) is 4.65. The molecule has 0 amide bonds. The lowest BCUT2D eigenvalue weighted by atomic mass is 10.0. The molecule has 2 rings (SSSR count). The molecular weight excluding hydrogens is 266 g/mol. The zero-order valence-electron chi connectivity index (χ0n) is 12.7. The van der Waals surface area contributed by atoms with Gasteiger partial charge in [-0.15, -0.1) is 11.3 Å². The summed E-state index contributed by atoms with van der Waals surface area (Å²) in [5, 5.41) is 1.12. The first kappa shape index (κ1) is 15.0. The van der Waals surface area contributed by atoms with Gasteiger partial charge in [0.2, 0.25) is 0 Å². The first-order valence-electron chi connectivity index (χ1n) is 6.98. The van der Waals surface area contributed by atoms with Crippen molar-refractivity contribution in [1.82, 2.24) is 4.98 Å². The molecule has 0 aliphatic carbocycles. The highest BCUT2D eigenvalue weighted by Crippen LogP contribution is 2.36. The molecule has 2 N–H and O–H groups in total. The molecular formula is C16H23N3S. The van der Waals surface area contributed by atoms with Crippen LogP contribution >= 0.6 is 11.3 Å². The number of benzene rings is 1. The number of thiazole rings is 1. The van der Waals surface area contributed by atoms with Gasteiger partial charge in [0, 0.05) is 30.2 Å². The van der Waals surface area contributed by atoms with E-state index in [1.54, 1.807) is 11.3 Å². The van der Waals surface area contributed by atoms with Gasteiger partial charge in [0.25, 0.3) is 0 Å². The Kier molecular flexibility index (Phi) is 4.78. The fourth-order valence-corrected chi connectivity index (χ4v) is 3.33. The fraction of sp³-hybridized carbons (Fsp3) is 0.438. The van der Waals surface area contributed by atoms with Crippen molar-refractivity contribution in [2.24, 2.45) is 5.73 Å². The van der Waals surface area contributed by atoms with E-state index >= 15 is 0 Å². The minimum absolute atomic E-state index is 0.462. The summed E-state index contributed by atoms with van der Waals surface area (Å²) < 4.78 is 0. The second-order valence-corrected chi connectivity index (χ2v) is 6.60. The van der Waals surface area contributed by atoms with E-state index in [0.717, 1.165) is 23.7 Å². The van der Waals surface area contributed by atoms with Crippen LogP contribution in [0, 0.1) is 6.92 Å². The van der Waals surface area contributed by atoms with Crippen molar-refractivity contribution in [2.45, 2.75) is 26.2 Å². The van der Waals surface area contributed by atoms with Crippen LogP contribution in [0.15, 0.2) is 24.3 Å². The van der Waals surface area contributed by atoms with Crippen LogP contribution < -0.4 is 10.6 Å². The number of hydrogen-bond donors (Lipinski definition) is 1. The summed E-state index contributed by atoms with van der Waals surface area (Å²) in [5.41, 5.74) is 9.22.